The molecule has 0 radical (unpaired) electrons. The lowest BCUT2D eigenvalue weighted by molar-refractivity contribution is 0.187. The quantitative estimate of drug-likeness (QED) is 0.745. The van der Waals surface area contributed by atoms with Crippen LogP contribution in [0.5, 0.6) is 0 Å². The molecule has 114 valence electrons. The number of anilines is 1. The summed E-state index contributed by atoms with van der Waals surface area (Å²) in [5.74, 6) is 0. The molecule has 3 N–H and O–H groups in total. The van der Waals surface area contributed by atoms with E-state index in [0.717, 1.165) is 31.4 Å². The molecular formula is C14H18N2O4S. The lowest BCUT2D eigenvalue weighted by Crippen LogP contribution is -2.21. The average Bonchev–Trinajstić information content (AvgIpc) is 3.10. The van der Waals surface area contributed by atoms with Crippen molar-refractivity contribution >= 4 is 22.9 Å². The molecule has 1 saturated carbocycles. The number of rotatable bonds is 3. The number of ether oxygens (including phenoxy) is 1. The zero-order valence-corrected chi connectivity index (χ0v) is 12.5. The monoisotopic (exact) mass is 310 g/mol. The second-order valence-corrected chi connectivity index (χ2v) is 6.56. The molecule has 0 bridgehead atoms. The minimum absolute atomic E-state index is 0.0722. The van der Waals surface area contributed by atoms with E-state index in [4.69, 9.17) is 0 Å². The van der Waals surface area contributed by atoms with E-state index in [1.165, 1.54) is 7.11 Å². The van der Waals surface area contributed by atoms with Gasteiger partial charge < -0.3 is 14.6 Å². The van der Waals surface area contributed by atoms with Gasteiger partial charge in [0.1, 0.15) is 0 Å². The largest absolute Gasteiger partial charge is 0.453 e. The highest BCUT2D eigenvalue weighted by molar-refractivity contribution is 7.79. The van der Waals surface area contributed by atoms with Crippen molar-refractivity contribution in [3.05, 3.63) is 23.8 Å². The summed E-state index contributed by atoms with van der Waals surface area (Å²) >= 11 is -2.05. The van der Waals surface area contributed by atoms with Crippen LogP contribution in [0.4, 0.5) is 10.5 Å². The summed E-state index contributed by atoms with van der Waals surface area (Å²) < 4.78 is 25.7. The van der Waals surface area contributed by atoms with Crippen molar-refractivity contribution in [1.82, 2.24) is 5.32 Å². The Morgan fingerprint density at radius 1 is 1.48 bits per heavy atom. The van der Waals surface area contributed by atoms with Gasteiger partial charge in [-0.3, -0.25) is 5.32 Å². The number of carbonyl (C=O) groups excluding carboxylic acids is 1. The third kappa shape index (κ3) is 2.68. The first-order chi connectivity index (χ1) is 10.1. The van der Waals surface area contributed by atoms with Crippen molar-refractivity contribution in [2.45, 2.75) is 30.2 Å². The first kappa shape index (κ1) is 14.5. The van der Waals surface area contributed by atoms with Gasteiger partial charge in [0.25, 0.3) is 0 Å². The van der Waals surface area contributed by atoms with Crippen molar-refractivity contribution in [2.24, 2.45) is 5.41 Å². The molecule has 7 heteroatoms. The molecular weight excluding hydrogens is 292 g/mol. The summed E-state index contributed by atoms with van der Waals surface area (Å²) in [4.78, 5) is 11.7. The number of hydrogen-bond donors (Lipinski definition) is 3. The standard InChI is InChI=1S/C14H18N2O4S/c1-20-13(17)16-9-2-3-11(21(18)19)10(8-9)12-14(4-5-14)6-7-15-12/h2-3,8,12,15H,4-7H2,1H3,(H,16,17)(H,18,19). The van der Waals surface area contributed by atoms with Crippen LogP contribution < -0.4 is 10.6 Å². The second kappa shape index (κ2) is 5.40. The Balaban J connectivity index is 1.97. The van der Waals surface area contributed by atoms with E-state index in [1.807, 2.05) is 0 Å². The Morgan fingerprint density at radius 2 is 2.24 bits per heavy atom. The molecule has 1 amide bonds. The fourth-order valence-electron chi connectivity index (χ4n) is 3.15. The molecule has 6 nitrogen and oxygen atoms in total. The van der Waals surface area contributed by atoms with Gasteiger partial charge in [-0.2, -0.15) is 0 Å². The SMILES string of the molecule is COC(=O)Nc1ccc(S(=O)O)c(C2NCCC23CC3)c1. The highest BCUT2D eigenvalue weighted by Crippen LogP contribution is 2.60. The number of methoxy groups -OCH3 is 1. The van der Waals surface area contributed by atoms with Crippen LogP contribution in [-0.2, 0) is 15.8 Å². The van der Waals surface area contributed by atoms with Gasteiger partial charge in [0.2, 0.25) is 0 Å². The molecule has 0 aromatic heterocycles. The smallest absolute Gasteiger partial charge is 0.411 e. The first-order valence-corrected chi connectivity index (χ1v) is 7.99. The maximum Gasteiger partial charge on any atom is 0.411 e. The summed E-state index contributed by atoms with van der Waals surface area (Å²) in [5, 5.41) is 6.03. The van der Waals surface area contributed by atoms with Gasteiger partial charge in [-0.05, 0) is 55.0 Å². The molecule has 2 unspecified atom stereocenters. The van der Waals surface area contributed by atoms with Gasteiger partial charge in [0.05, 0.1) is 12.0 Å². The van der Waals surface area contributed by atoms with Gasteiger partial charge >= 0.3 is 6.09 Å². The van der Waals surface area contributed by atoms with Crippen molar-refractivity contribution in [2.75, 3.05) is 19.0 Å². The van der Waals surface area contributed by atoms with Gasteiger partial charge in [0, 0.05) is 11.7 Å². The maximum atomic E-state index is 11.6. The summed E-state index contributed by atoms with van der Waals surface area (Å²) in [6, 6.07) is 5.04. The van der Waals surface area contributed by atoms with Crippen molar-refractivity contribution in [1.29, 1.82) is 0 Å². The molecule has 2 aliphatic rings. The lowest BCUT2D eigenvalue weighted by atomic mass is 9.91. The molecule has 3 rings (SSSR count). The molecule has 1 aliphatic heterocycles. The van der Waals surface area contributed by atoms with Gasteiger partial charge in [-0.15, -0.1) is 0 Å². The highest BCUT2D eigenvalue weighted by Gasteiger charge is 2.53. The predicted molar refractivity (Wildman–Crippen MR) is 78.5 cm³/mol. The van der Waals surface area contributed by atoms with Crippen molar-refractivity contribution < 1.29 is 18.3 Å². The Labute approximate surface area is 125 Å². The third-order valence-electron chi connectivity index (χ3n) is 4.42. The van der Waals surface area contributed by atoms with Gasteiger partial charge in [-0.1, -0.05) is 0 Å². The van der Waals surface area contributed by atoms with E-state index >= 15 is 0 Å². The molecule has 1 saturated heterocycles. The van der Waals surface area contributed by atoms with E-state index in [-0.39, 0.29) is 11.5 Å². The van der Waals surface area contributed by atoms with Crippen molar-refractivity contribution in [3.8, 4) is 0 Å². The van der Waals surface area contributed by atoms with Crippen LogP contribution in [0.3, 0.4) is 0 Å². The first-order valence-electron chi connectivity index (χ1n) is 6.89. The number of carbonyl (C=O) groups is 1. The Bertz CT molecular complexity index is 601. The fourth-order valence-corrected chi connectivity index (χ4v) is 3.71. The number of amides is 1. The molecule has 1 aromatic rings. The molecule has 21 heavy (non-hydrogen) atoms. The topological polar surface area (TPSA) is 87.7 Å². The molecule has 1 aliphatic carbocycles. The molecule has 1 spiro atoms. The molecule has 2 fully saturated rings. The highest BCUT2D eigenvalue weighted by atomic mass is 32.2. The van der Waals surface area contributed by atoms with Crippen LogP contribution in [0.2, 0.25) is 0 Å². The predicted octanol–water partition coefficient (Wildman–Crippen LogP) is 2.26. The minimum Gasteiger partial charge on any atom is -0.453 e. The van der Waals surface area contributed by atoms with Crippen LogP contribution in [0.1, 0.15) is 30.9 Å². The van der Waals surface area contributed by atoms with Crippen LogP contribution >= 0.6 is 0 Å². The molecule has 1 aromatic carbocycles. The molecule has 1 heterocycles. The summed E-state index contributed by atoms with van der Waals surface area (Å²) in [6.45, 7) is 0.914. The molecule has 2 atom stereocenters. The number of hydrogen-bond acceptors (Lipinski definition) is 4. The number of benzene rings is 1. The fraction of sp³-hybridized carbons (Fsp3) is 0.500. The Morgan fingerprint density at radius 3 is 2.86 bits per heavy atom. The van der Waals surface area contributed by atoms with E-state index in [2.05, 4.69) is 15.4 Å². The normalized spacial score (nSPS) is 23.8. The minimum atomic E-state index is -2.05. The number of nitrogens with one attached hydrogen (secondary N) is 2. The van der Waals surface area contributed by atoms with Crippen molar-refractivity contribution in [3.63, 3.8) is 0 Å². The van der Waals surface area contributed by atoms with Gasteiger partial charge in [-0.25, -0.2) is 9.00 Å². The Hall–Kier alpha value is -1.44. The maximum absolute atomic E-state index is 11.6. The van der Waals surface area contributed by atoms with E-state index in [1.54, 1.807) is 18.2 Å². The second-order valence-electron chi connectivity index (χ2n) is 5.62. The zero-order chi connectivity index (χ0) is 15.0. The average molecular weight is 310 g/mol. The van der Waals surface area contributed by atoms with E-state index < -0.39 is 17.2 Å². The van der Waals surface area contributed by atoms with E-state index in [9.17, 15) is 13.6 Å². The third-order valence-corrected chi connectivity index (χ3v) is 5.16. The summed E-state index contributed by atoms with van der Waals surface area (Å²) in [6.07, 6.45) is 2.80. The lowest BCUT2D eigenvalue weighted by Gasteiger charge is -2.22. The van der Waals surface area contributed by atoms with E-state index in [0.29, 0.717) is 10.6 Å². The van der Waals surface area contributed by atoms with Crippen LogP contribution in [0.15, 0.2) is 23.1 Å². The summed E-state index contributed by atoms with van der Waals surface area (Å²) in [7, 11) is 1.30. The van der Waals surface area contributed by atoms with Crippen LogP contribution in [0.25, 0.3) is 0 Å². The van der Waals surface area contributed by atoms with Crippen LogP contribution in [-0.4, -0.2) is 28.5 Å². The zero-order valence-electron chi connectivity index (χ0n) is 11.7. The summed E-state index contributed by atoms with van der Waals surface area (Å²) in [5.41, 5.74) is 1.58. The Kier molecular flexibility index (Phi) is 3.73. The van der Waals surface area contributed by atoms with Gasteiger partial charge in [0.15, 0.2) is 11.1 Å². The van der Waals surface area contributed by atoms with Crippen LogP contribution in [0, 0.1) is 5.41 Å².